The van der Waals surface area contributed by atoms with E-state index in [1.807, 2.05) is 6.92 Å². The summed E-state index contributed by atoms with van der Waals surface area (Å²) in [6.07, 6.45) is 1.94. The molecule has 0 aromatic carbocycles. The molecule has 0 aliphatic carbocycles. The second-order valence-corrected chi connectivity index (χ2v) is 3.14. The van der Waals surface area contributed by atoms with Crippen LogP contribution in [0, 0.1) is 5.82 Å². The summed E-state index contributed by atoms with van der Waals surface area (Å²) in [5.74, 6) is -0.924. The average molecular weight is 227 g/mol. The van der Waals surface area contributed by atoms with E-state index in [-0.39, 0.29) is 12.4 Å². The first-order valence-electron chi connectivity index (χ1n) is 4.92. The van der Waals surface area contributed by atoms with Crippen LogP contribution in [0.1, 0.15) is 13.3 Å². The van der Waals surface area contributed by atoms with E-state index in [4.69, 9.17) is 5.73 Å². The lowest BCUT2D eigenvalue weighted by Crippen LogP contribution is -2.23. The molecule has 0 aliphatic rings. The van der Waals surface area contributed by atoms with Gasteiger partial charge in [-0.3, -0.25) is 4.79 Å². The van der Waals surface area contributed by atoms with Gasteiger partial charge in [-0.25, -0.2) is 9.37 Å². The van der Waals surface area contributed by atoms with Crippen LogP contribution in [0.25, 0.3) is 0 Å². The van der Waals surface area contributed by atoms with Gasteiger partial charge in [-0.2, -0.15) is 4.98 Å². The van der Waals surface area contributed by atoms with E-state index >= 15 is 0 Å². The molecular formula is C9H14FN5O. The third-order valence-electron chi connectivity index (χ3n) is 1.71. The third kappa shape index (κ3) is 3.68. The highest BCUT2D eigenvalue weighted by Gasteiger charge is 2.06. The maximum atomic E-state index is 13.2. The van der Waals surface area contributed by atoms with E-state index in [9.17, 15) is 9.18 Å². The van der Waals surface area contributed by atoms with Crippen molar-refractivity contribution in [3.8, 4) is 0 Å². The molecule has 0 atom stereocenters. The van der Waals surface area contributed by atoms with Crippen molar-refractivity contribution in [3.05, 3.63) is 12.0 Å². The largest absolute Gasteiger partial charge is 0.368 e. The highest BCUT2D eigenvalue weighted by molar-refractivity contribution is 5.78. The lowest BCUT2D eigenvalue weighted by molar-refractivity contribution is -0.116. The summed E-state index contributed by atoms with van der Waals surface area (Å²) in [7, 11) is 0. The van der Waals surface area contributed by atoms with E-state index < -0.39 is 11.7 Å². The van der Waals surface area contributed by atoms with Crippen molar-refractivity contribution in [1.29, 1.82) is 0 Å². The van der Waals surface area contributed by atoms with Crippen molar-refractivity contribution in [1.82, 2.24) is 9.97 Å². The fraction of sp³-hybridized carbons (Fsp3) is 0.444. The van der Waals surface area contributed by atoms with Crippen LogP contribution >= 0.6 is 0 Å². The summed E-state index contributed by atoms with van der Waals surface area (Å²) in [5, 5.41) is 5.39. The Kier molecular flexibility index (Phi) is 4.43. The van der Waals surface area contributed by atoms with Crippen molar-refractivity contribution in [2.45, 2.75) is 13.3 Å². The Morgan fingerprint density at radius 3 is 2.94 bits per heavy atom. The standard InChI is InChI=1S/C9H14FN5O/c1-2-3-12-9-14-4-6(10)8(15-9)13-5-7(11)16/h4H,2-3,5H2,1H3,(H2,11,16)(H2,12,13,14,15). The molecule has 1 rings (SSSR count). The number of primary amides is 1. The number of hydrogen-bond donors (Lipinski definition) is 3. The van der Waals surface area contributed by atoms with Crippen LogP contribution in [0.3, 0.4) is 0 Å². The molecule has 1 aromatic heterocycles. The normalized spacial score (nSPS) is 9.88. The van der Waals surface area contributed by atoms with E-state index in [0.717, 1.165) is 12.6 Å². The van der Waals surface area contributed by atoms with Crippen molar-refractivity contribution >= 4 is 17.7 Å². The Bertz CT molecular complexity index is 371. The minimum Gasteiger partial charge on any atom is -0.368 e. The molecule has 1 amide bonds. The number of anilines is 2. The van der Waals surface area contributed by atoms with Crippen molar-refractivity contribution in [2.75, 3.05) is 23.7 Å². The van der Waals surface area contributed by atoms with E-state index in [1.54, 1.807) is 0 Å². The zero-order valence-electron chi connectivity index (χ0n) is 8.96. The molecule has 6 nitrogen and oxygen atoms in total. The molecule has 0 unspecified atom stereocenters. The van der Waals surface area contributed by atoms with Crippen LogP contribution < -0.4 is 16.4 Å². The van der Waals surface area contributed by atoms with Gasteiger partial charge in [0, 0.05) is 6.54 Å². The smallest absolute Gasteiger partial charge is 0.236 e. The molecule has 0 saturated carbocycles. The van der Waals surface area contributed by atoms with Gasteiger partial charge < -0.3 is 16.4 Å². The summed E-state index contributed by atoms with van der Waals surface area (Å²) in [6, 6.07) is 0. The first-order valence-corrected chi connectivity index (χ1v) is 4.92. The Morgan fingerprint density at radius 1 is 1.56 bits per heavy atom. The van der Waals surface area contributed by atoms with Crippen molar-refractivity contribution in [3.63, 3.8) is 0 Å². The van der Waals surface area contributed by atoms with Crippen molar-refractivity contribution in [2.24, 2.45) is 5.73 Å². The number of rotatable bonds is 6. The molecule has 1 heterocycles. The lowest BCUT2D eigenvalue weighted by atomic mass is 10.5. The molecular weight excluding hydrogens is 213 g/mol. The molecule has 0 radical (unpaired) electrons. The number of nitrogens with zero attached hydrogens (tertiary/aromatic N) is 2. The summed E-state index contributed by atoms with van der Waals surface area (Å²) < 4.78 is 13.2. The van der Waals surface area contributed by atoms with Gasteiger partial charge >= 0.3 is 0 Å². The van der Waals surface area contributed by atoms with Crippen molar-refractivity contribution < 1.29 is 9.18 Å². The zero-order valence-corrected chi connectivity index (χ0v) is 8.96. The number of aromatic nitrogens is 2. The van der Waals surface area contributed by atoms with Gasteiger partial charge in [0.1, 0.15) is 0 Å². The monoisotopic (exact) mass is 227 g/mol. The molecule has 88 valence electrons. The Balaban J connectivity index is 2.69. The van der Waals surface area contributed by atoms with Gasteiger partial charge in [0.2, 0.25) is 11.9 Å². The van der Waals surface area contributed by atoms with Gasteiger partial charge in [-0.15, -0.1) is 0 Å². The number of hydrogen-bond acceptors (Lipinski definition) is 5. The predicted molar refractivity (Wildman–Crippen MR) is 58.5 cm³/mol. The molecule has 0 aliphatic heterocycles. The summed E-state index contributed by atoms with van der Waals surface area (Å²) in [6.45, 7) is 2.52. The molecule has 0 spiro atoms. The van der Waals surface area contributed by atoms with Gasteiger partial charge in [-0.1, -0.05) is 6.92 Å². The zero-order chi connectivity index (χ0) is 12.0. The van der Waals surface area contributed by atoms with E-state index in [1.165, 1.54) is 0 Å². The number of amides is 1. The first-order chi connectivity index (χ1) is 7.63. The topological polar surface area (TPSA) is 92.9 Å². The van der Waals surface area contributed by atoms with E-state index in [0.29, 0.717) is 12.5 Å². The minimum absolute atomic E-state index is 0.0348. The second-order valence-electron chi connectivity index (χ2n) is 3.14. The summed E-state index contributed by atoms with van der Waals surface area (Å²) >= 11 is 0. The highest BCUT2D eigenvalue weighted by atomic mass is 19.1. The minimum atomic E-state index is -0.622. The lowest BCUT2D eigenvalue weighted by Gasteiger charge is -2.07. The quantitative estimate of drug-likeness (QED) is 0.651. The Labute approximate surface area is 92.5 Å². The third-order valence-corrected chi connectivity index (χ3v) is 1.71. The Hall–Kier alpha value is -1.92. The van der Waals surface area contributed by atoms with Crippen LogP contribution in [0.15, 0.2) is 6.20 Å². The number of carbonyl (C=O) groups is 1. The fourth-order valence-corrected chi connectivity index (χ4v) is 0.984. The number of nitrogens with one attached hydrogen (secondary N) is 2. The van der Waals surface area contributed by atoms with Gasteiger partial charge in [0.15, 0.2) is 11.6 Å². The first kappa shape index (κ1) is 12.2. The molecule has 0 saturated heterocycles. The van der Waals surface area contributed by atoms with Gasteiger partial charge in [-0.05, 0) is 6.42 Å². The maximum absolute atomic E-state index is 13.2. The molecule has 7 heteroatoms. The second kappa shape index (κ2) is 5.84. The van der Waals surface area contributed by atoms with Crippen LogP contribution in [0.2, 0.25) is 0 Å². The molecule has 16 heavy (non-hydrogen) atoms. The summed E-state index contributed by atoms with van der Waals surface area (Å²) in [5.41, 5.74) is 4.93. The van der Waals surface area contributed by atoms with Crippen LogP contribution in [-0.4, -0.2) is 29.0 Å². The van der Waals surface area contributed by atoms with Gasteiger partial charge in [0.25, 0.3) is 0 Å². The Morgan fingerprint density at radius 2 is 2.31 bits per heavy atom. The highest BCUT2D eigenvalue weighted by Crippen LogP contribution is 2.11. The van der Waals surface area contributed by atoms with Crippen LogP contribution in [0.4, 0.5) is 16.2 Å². The van der Waals surface area contributed by atoms with Crippen LogP contribution in [-0.2, 0) is 4.79 Å². The van der Waals surface area contributed by atoms with Gasteiger partial charge in [0.05, 0.1) is 12.7 Å². The SMILES string of the molecule is CCCNc1ncc(F)c(NCC(N)=O)n1. The fourth-order valence-electron chi connectivity index (χ4n) is 0.984. The number of halogens is 1. The molecule has 0 fully saturated rings. The molecule has 1 aromatic rings. The average Bonchev–Trinajstić information content (AvgIpc) is 2.26. The van der Waals surface area contributed by atoms with Crippen LogP contribution in [0.5, 0.6) is 0 Å². The summed E-state index contributed by atoms with van der Waals surface area (Å²) in [4.78, 5) is 18.1. The maximum Gasteiger partial charge on any atom is 0.236 e. The molecule has 0 bridgehead atoms. The van der Waals surface area contributed by atoms with E-state index in [2.05, 4.69) is 20.6 Å². The number of carbonyl (C=O) groups excluding carboxylic acids is 1. The predicted octanol–water partition coefficient (Wildman–Crippen LogP) is 0.335. The molecule has 4 N–H and O–H groups in total. The number of nitrogens with two attached hydrogens (primary N) is 1.